The molecule has 0 spiro atoms. The van der Waals surface area contributed by atoms with Gasteiger partial charge in [-0.1, -0.05) is 0 Å². The van der Waals surface area contributed by atoms with Crippen molar-refractivity contribution in [2.45, 2.75) is 0 Å². The lowest BCUT2D eigenvalue weighted by Crippen LogP contribution is -3.02. The lowest BCUT2D eigenvalue weighted by Gasteiger charge is -2.23. The number of phenols is 1. The van der Waals surface area contributed by atoms with Gasteiger partial charge in [-0.3, -0.25) is 9.20 Å². The predicted octanol–water partition coefficient (Wildman–Crippen LogP) is -0.314. The van der Waals surface area contributed by atoms with Crippen molar-refractivity contribution in [3.63, 3.8) is 0 Å². The summed E-state index contributed by atoms with van der Waals surface area (Å²) in [5, 5.41) is 23.3. The van der Waals surface area contributed by atoms with Crippen molar-refractivity contribution < 1.29 is 10.2 Å². The molecule has 5 nitrogen and oxygen atoms in total. The summed E-state index contributed by atoms with van der Waals surface area (Å²) < 4.78 is 1.51. The van der Waals surface area contributed by atoms with E-state index in [4.69, 9.17) is 0 Å². The molecule has 0 amide bonds. The van der Waals surface area contributed by atoms with E-state index in [9.17, 15) is 15.1 Å². The lowest BCUT2D eigenvalue weighted by atomic mass is 10.1. The number of nitrogens with zero attached hydrogens (tertiary/aromatic N) is 1. The number of hydroxylamine groups is 1. The fourth-order valence-corrected chi connectivity index (χ4v) is 2.84. The molecule has 3 aromatic rings. The van der Waals surface area contributed by atoms with Gasteiger partial charge in [0.1, 0.15) is 17.8 Å². The average Bonchev–Trinajstić information content (AvgIpc) is 2.71. The zero-order valence-electron chi connectivity index (χ0n) is 9.88. The summed E-state index contributed by atoms with van der Waals surface area (Å²) in [6.07, 6.45) is 1.85. The zero-order chi connectivity index (χ0) is 13.1. The highest BCUT2D eigenvalue weighted by atomic mass is 16.5. The van der Waals surface area contributed by atoms with E-state index in [-0.39, 0.29) is 16.4 Å². The van der Waals surface area contributed by atoms with E-state index in [1.54, 1.807) is 24.3 Å². The molecular formula is C14H10N2O3. The third-order valence-corrected chi connectivity index (χ3v) is 3.65. The van der Waals surface area contributed by atoms with Crippen LogP contribution in [0.25, 0.3) is 22.5 Å². The maximum atomic E-state index is 12.1. The summed E-state index contributed by atoms with van der Waals surface area (Å²) in [7, 11) is 0. The van der Waals surface area contributed by atoms with Crippen molar-refractivity contribution in [3.05, 3.63) is 51.1 Å². The van der Waals surface area contributed by atoms with Gasteiger partial charge in [-0.2, -0.15) is 0 Å². The number of quaternary nitrogens is 1. The van der Waals surface area contributed by atoms with Crippen LogP contribution in [0.1, 0.15) is 0 Å². The monoisotopic (exact) mass is 254 g/mol. The zero-order valence-corrected chi connectivity index (χ0v) is 9.88. The molecule has 1 aliphatic rings. The first kappa shape index (κ1) is 10.5. The Morgan fingerprint density at radius 3 is 2.95 bits per heavy atom. The summed E-state index contributed by atoms with van der Waals surface area (Å²) in [4.78, 5) is 12.1. The fourth-order valence-electron chi connectivity index (χ4n) is 2.84. The van der Waals surface area contributed by atoms with Gasteiger partial charge in [-0.05, 0) is 18.2 Å². The fraction of sp³-hybridized carbons (Fsp3) is 0.0714. The average molecular weight is 254 g/mol. The van der Waals surface area contributed by atoms with Gasteiger partial charge < -0.3 is 15.4 Å². The van der Waals surface area contributed by atoms with Crippen LogP contribution in [0.4, 0.5) is 5.69 Å². The molecule has 0 saturated heterocycles. The minimum absolute atomic E-state index is 0.0181. The minimum atomic E-state index is -0.191. The summed E-state index contributed by atoms with van der Waals surface area (Å²) in [6.45, 7) is 0.348. The van der Waals surface area contributed by atoms with Gasteiger partial charge in [0.05, 0.1) is 5.52 Å². The molecule has 1 atom stereocenters. The molecule has 0 aliphatic carbocycles. The first-order chi connectivity index (χ1) is 9.16. The van der Waals surface area contributed by atoms with Crippen LogP contribution in [0, 0.1) is 5.21 Å². The maximum Gasteiger partial charge on any atom is 0.256 e. The van der Waals surface area contributed by atoms with Crippen LogP contribution in [0.3, 0.4) is 0 Å². The molecular weight excluding hydrogens is 244 g/mol. The van der Waals surface area contributed by atoms with E-state index in [1.807, 2.05) is 6.08 Å². The third kappa shape index (κ3) is 1.23. The van der Waals surface area contributed by atoms with E-state index in [1.165, 1.54) is 10.5 Å². The number of phenolic OH excluding ortho intramolecular Hbond substituents is 1. The van der Waals surface area contributed by atoms with E-state index in [0.29, 0.717) is 23.3 Å². The van der Waals surface area contributed by atoms with E-state index < -0.39 is 0 Å². The van der Waals surface area contributed by atoms with Crippen LogP contribution in [0.2, 0.25) is 0 Å². The van der Waals surface area contributed by atoms with Crippen LogP contribution in [-0.4, -0.2) is 16.1 Å². The number of hydrogen-bond donors (Lipinski definition) is 2. The number of fused-ring (bicyclic) bond motifs is 3. The van der Waals surface area contributed by atoms with Crippen molar-refractivity contribution >= 4 is 28.2 Å². The SMILES string of the molecule is O=c1ccc2c3c(c4ccc(O)cc4n13)=CC[NH+]2[O-]. The largest absolute Gasteiger partial charge is 0.629 e. The highest BCUT2D eigenvalue weighted by Crippen LogP contribution is 2.22. The predicted molar refractivity (Wildman–Crippen MR) is 71.4 cm³/mol. The van der Waals surface area contributed by atoms with Crippen molar-refractivity contribution in [3.8, 4) is 5.75 Å². The van der Waals surface area contributed by atoms with Crippen molar-refractivity contribution in [2.75, 3.05) is 6.54 Å². The van der Waals surface area contributed by atoms with Gasteiger partial charge in [0.25, 0.3) is 5.56 Å². The normalized spacial score (nSPS) is 17.8. The number of pyridine rings is 1. The summed E-state index contributed by atoms with van der Waals surface area (Å²) in [6, 6.07) is 7.92. The molecule has 1 aromatic carbocycles. The maximum absolute atomic E-state index is 12.1. The molecule has 0 bridgehead atoms. The number of benzene rings is 1. The highest BCUT2D eigenvalue weighted by molar-refractivity contribution is 5.93. The molecule has 0 fully saturated rings. The number of aromatic hydroxyl groups is 1. The number of hydrogen-bond acceptors (Lipinski definition) is 3. The van der Waals surface area contributed by atoms with Crippen molar-refractivity contribution in [1.82, 2.24) is 4.40 Å². The second kappa shape index (κ2) is 3.34. The van der Waals surface area contributed by atoms with Gasteiger partial charge in [-0.15, -0.1) is 0 Å². The molecule has 19 heavy (non-hydrogen) atoms. The molecule has 0 radical (unpaired) electrons. The highest BCUT2D eigenvalue weighted by Gasteiger charge is 2.19. The molecule has 5 heteroatoms. The van der Waals surface area contributed by atoms with E-state index in [2.05, 4.69) is 0 Å². The lowest BCUT2D eigenvalue weighted by molar-refractivity contribution is -0.765. The molecule has 0 saturated carbocycles. The first-order valence-corrected chi connectivity index (χ1v) is 6.00. The van der Waals surface area contributed by atoms with Crippen LogP contribution < -0.4 is 15.8 Å². The molecule has 94 valence electrons. The summed E-state index contributed by atoms with van der Waals surface area (Å²) in [5.41, 5.74) is 1.68. The van der Waals surface area contributed by atoms with Crippen molar-refractivity contribution in [1.29, 1.82) is 0 Å². The Morgan fingerprint density at radius 2 is 2.11 bits per heavy atom. The van der Waals surface area contributed by atoms with Gasteiger partial charge in [0, 0.05) is 28.8 Å². The molecule has 2 N–H and O–H groups in total. The van der Waals surface area contributed by atoms with E-state index in [0.717, 1.165) is 10.6 Å². The summed E-state index contributed by atoms with van der Waals surface area (Å²) in [5.74, 6) is 0.105. The molecule has 1 aliphatic heterocycles. The minimum Gasteiger partial charge on any atom is -0.629 e. The second-order valence-corrected chi connectivity index (χ2v) is 4.72. The van der Waals surface area contributed by atoms with Gasteiger partial charge in [0.2, 0.25) is 0 Å². The smallest absolute Gasteiger partial charge is 0.256 e. The quantitative estimate of drug-likeness (QED) is 0.540. The molecule has 2 aromatic heterocycles. The summed E-state index contributed by atoms with van der Waals surface area (Å²) >= 11 is 0. The van der Waals surface area contributed by atoms with Crippen LogP contribution in [-0.2, 0) is 0 Å². The Hall–Kier alpha value is -2.37. The standard InChI is InChI=1S/C14H10N2O3/c17-8-1-2-9-10-5-6-15(19)11-3-4-13(18)16(14(10)11)12(9)7-8/h1-5,7,15,17H,6H2. The van der Waals surface area contributed by atoms with Gasteiger partial charge in [0.15, 0.2) is 5.69 Å². The number of nitrogens with one attached hydrogen (secondary N) is 1. The Balaban J connectivity index is 2.42. The van der Waals surface area contributed by atoms with Crippen molar-refractivity contribution in [2.24, 2.45) is 0 Å². The molecule has 3 heterocycles. The first-order valence-electron chi connectivity index (χ1n) is 6.00. The van der Waals surface area contributed by atoms with Crippen LogP contribution in [0.5, 0.6) is 5.75 Å². The molecule has 1 unspecified atom stereocenters. The van der Waals surface area contributed by atoms with Gasteiger partial charge >= 0.3 is 0 Å². The van der Waals surface area contributed by atoms with Crippen LogP contribution in [0.15, 0.2) is 35.1 Å². The Bertz CT molecular complexity index is 943. The van der Waals surface area contributed by atoms with Gasteiger partial charge in [-0.25, -0.2) is 0 Å². The third-order valence-electron chi connectivity index (χ3n) is 3.65. The van der Waals surface area contributed by atoms with Crippen LogP contribution >= 0.6 is 0 Å². The van der Waals surface area contributed by atoms with E-state index >= 15 is 0 Å². The Labute approximate surface area is 107 Å². The second-order valence-electron chi connectivity index (χ2n) is 4.72. The molecule has 4 rings (SSSR count). The Kier molecular flexibility index (Phi) is 1.86. The number of aromatic nitrogens is 1. The number of rotatable bonds is 0. The topological polar surface area (TPSA) is 69.2 Å². The Morgan fingerprint density at radius 1 is 1.26 bits per heavy atom.